The zero-order chi connectivity index (χ0) is 17.9. The van der Waals surface area contributed by atoms with Gasteiger partial charge in [-0.05, 0) is 47.7 Å². The molecule has 0 radical (unpaired) electrons. The zero-order valence-corrected chi connectivity index (χ0v) is 13.5. The fourth-order valence-electron chi connectivity index (χ4n) is 2.18. The topological polar surface area (TPSA) is 59.6 Å². The van der Waals surface area contributed by atoms with Crippen molar-refractivity contribution in [1.29, 1.82) is 0 Å². The lowest BCUT2D eigenvalue weighted by Crippen LogP contribution is -2.28. The lowest BCUT2D eigenvalue weighted by molar-refractivity contribution is -0.0328. The summed E-state index contributed by atoms with van der Waals surface area (Å²) in [5.74, 6) is 1.25. The summed E-state index contributed by atoms with van der Waals surface area (Å²) in [6.07, 6.45) is 0. The number of urea groups is 1. The Morgan fingerprint density at radius 2 is 1.92 bits per heavy atom. The van der Waals surface area contributed by atoms with Crippen molar-refractivity contribution in [2.45, 2.75) is 16.9 Å². The number of carbonyl (C=O) groups is 1. The van der Waals surface area contributed by atoms with Crippen LogP contribution in [0.5, 0.6) is 11.5 Å². The minimum atomic E-state index is -4.37. The number of benzene rings is 2. The number of ether oxygens (including phenoxy) is 2. The summed E-state index contributed by atoms with van der Waals surface area (Å²) in [7, 11) is 0. The maximum absolute atomic E-state index is 12.4. The molecule has 2 aromatic carbocycles. The van der Waals surface area contributed by atoms with Crippen LogP contribution in [0.4, 0.5) is 23.7 Å². The van der Waals surface area contributed by atoms with Gasteiger partial charge < -0.3 is 20.1 Å². The summed E-state index contributed by atoms with van der Waals surface area (Å²) >= 11 is -0.234. The Hall–Kier alpha value is -2.55. The molecule has 1 aliphatic heterocycles. The highest BCUT2D eigenvalue weighted by Crippen LogP contribution is 2.37. The van der Waals surface area contributed by atoms with E-state index in [4.69, 9.17) is 9.47 Å². The van der Waals surface area contributed by atoms with Crippen molar-refractivity contribution in [2.75, 3.05) is 12.1 Å². The Labute approximate surface area is 145 Å². The van der Waals surface area contributed by atoms with E-state index >= 15 is 0 Å². The van der Waals surface area contributed by atoms with Crippen LogP contribution in [0, 0.1) is 0 Å². The normalized spacial score (nSPS) is 12.8. The van der Waals surface area contributed by atoms with E-state index in [0.29, 0.717) is 11.5 Å². The molecule has 3 rings (SSSR count). The summed E-state index contributed by atoms with van der Waals surface area (Å²) in [6.45, 7) is 0.401. The fraction of sp³-hybridized carbons (Fsp3) is 0.188. The molecular weight excluding hydrogens is 357 g/mol. The Kier molecular flexibility index (Phi) is 4.93. The van der Waals surface area contributed by atoms with Crippen LogP contribution < -0.4 is 20.1 Å². The van der Waals surface area contributed by atoms with Crippen molar-refractivity contribution in [3.63, 3.8) is 0 Å². The molecule has 25 heavy (non-hydrogen) atoms. The summed E-state index contributed by atoms with van der Waals surface area (Å²) in [5.41, 5.74) is -3.29. The molecule has 0 saturated carbocycles. The monoisotopic (exact) mass is 370 g/mol. The van der Waals surface area contributed by atoms with Crippen molar-refractivity contribution in [1.82, 2.24) is 5.32 Å². The van der Waals surface area contributed by atoms with Crippen molar-refractivity contribution < 1.29 is 27.4 Å². The summed E-state index contributed by atoms with van der Waals surface area (Å²) in [6, 6.07) is 10.3. The third kappa shape index (κ3) is 4.96. The lowest BCUT2D eigenvalue weighted by atomic mass is 10.2. The second kappa shape index (κ2) is 7.14. The Bertz CT molecular complexity index is 783. The van der Waals surface area contributed by atoms with Crippen molar-refractivity contribution in [2.24, 2.45) is 0 Å². The second-order valence-corrected chi connectivity index (χ2v) is 6.21. The van der Waals surface area contributed by atoms with E-state index in [-0.39, 0.29) is 35.7 Å². The third-order valence-corrected chi connectivity index (χ3v) is 3.94. The van der Waals surface area contributed by atoms with Gasteiger partial charge in [-0.1, -0.05) is 12.1 Å². The zero-order valence-electron chi connectivity index (χ0n) is 12.7. The van der Waals surface area contributed by atoms with Crippen LogP contribution in [0.15, 0.2) is 47.4 Å². The van der Waals surface area contributed by atoms with Gasteiger partial charge in [0, 0.05) is 17.1 Å². The van der Waals surface area contributed by atoms with E-state index in [1.807, 2.05) is 0 Å². The van der Waals surface area contributed by atoms with E-state index < -0.39 is 11.5 Å². The molecule has 1 heterocycles. The molecular formula is C16H13F3N2O3S. The number of hydrogen-bond acceptors (Lipinski definition) is 4. The molecule has 0 fully saturated rings. The number of halogens is 3. The van der Waals surface area contributed by atoms with Crippen LogP contribution in [-0.2, 0) is 6.54 Å². The molecule has 9 heteroatoms. The number of amides is 2. The quantitative estimate of drug-likeness (QED) is 0.786. The van der Waals surface area contributed by atoms with E-state index in [1.54, 1.807) is 18.2 Å². The molecule has 0 bridgehead atoms. The standard InChI is InChI=1S/C16H13F3N2O3S/c17-16(18,19)25-12-3-1-2-11(7-12)21-15(22)20-8-10-4-5-13-14(6-10)24-9-23-13/h1-7H,8-9H2,(H2,20,21,22). The Morgan fingerprint density at radius 1 is 1.12 bits per heavy atom. The molecule has 5 nitrogen and oxygen atoms in total. The van der Waals surface area contributed by atoms with E-state index in [2.05, 4.69) is 10.6 Å². The van der Waals surface area contributed by atoms with E-state index in [9.17, 15) is 18.0 Å². The van der Waals surface area contributed by atoms with Crippen LogP contribution in [0.3, 0.4) is 0 Å². The van der Waals surface area contributed by atoms with Gasteiger partial charge in [-0.15, -0.1) is 0 Å². The number of carbonyl (C=O) groups excluding carboxylic acids is 1. The molecule has 0 saturated heterocycles. The summed E-state index contributed by atoms with van der Waals surface area (Å²) in [5, 5.41) is 5.13. The van der Waals surface area contributed by atoms with Crippen LogP contribution in [0.2, 0.25) is 0 Å². The maximum atomic E-state index is 12.4. The number of hydrogen-bond donors (Lipinski definition) is 2. The van der Waals surface area contributed by atoms with Crippen molar-refractivity contribution in [3.05, 3.63) is 48.0 Å². The van der Waals surface area contributed by atoms with Gasteiger partial charge in [-0.2, -0.15) is 13.2 Å². The van der Waals surface area contributed by atoms with Crippen LogP contribution >= 0.6 is 11.8 Å². The first-order chi connectivity index (χ1) is 11.9. The molecule has 2 N–H and O–H groups in total. The molecule has 0 aromatic heterocycles. The molecule has 0 spiro atoms. The number of fused-ring (bicyclic) bond motifs is 1. The Balaban J connectivity index is 1.55. The van der Waals surface area contributed by atoms with Crippen molar-refractivity contribution in [3.8, 4) is 11.5 Å². The van der Waals surface area contributed by atoms with E-state index in [1.165, 1.54) is 24.3 Å². The molecule has 1 aliphatic rings. The largest absolute Gasteiger partial charge is 0.454 e. The van der Waals surface area contributed by atoms with Crippen molar-refractivity contribution >= 4 is 23.5 Å². The van der Waals surface area contributed by atoms with Crippen LogP contribution in [0.25, 0.3) is 0 Å². The highest BCUT2D eigenvalue weighted by Gasteiger charge is 2.29. The van der Waals surface area contributed by atoms with Crippen LogP contribution in [-0.4, -0.2) is 18.3 Å². The van der Waals surface area contributed by atoms with E-state index in [0.717, 1.165) is 5.56 Å². The fourth-order valence-corrected chi connectivity index (χ4v) is 2.78. The number of alkyl halides is 3. The van der Waals surface area contributed by atoms with Gasteiger partial charge in [0.15, 0.2) is 11.5 Å². The average Bonchev–Trinajstić information content (AvgIpc) is 2.99. The number of nitrogens with one attached hydrogen (secondary N) is 2. The number of thioether (sulfide) groups is 1. The smallest absolute Gasteiger partial charge is 0.446 e. The summed E-state index contributed by atoms with van der Waals surface area (Å²) < 4.78 is 47.6. The Morgan fingerprint density at radius 3 is 2.72 bits per heavy atom. The predicted octanol–water partition coefficient (Wildman–Crippen LogP) is 4.35. The lowest BCUT2D eigenvalue weighted by Gasteiger charge is -2.10. The van der Waals surface area contributed by atoms with Crippen LogP contribution in [0.1, 0.15) is 5.56 Å². The first-order valence-corrected chi connectivity index (χ1v) is 8.00. The molecule has 0 aliphatic carbocycles. The van der Waals surface area contributed by atoms with Gasteiger partial charge in [0.2, 0.25) is 6.79 Å². The SMILES string of the molecule is O=C(NCc1ccc2c(c1)OCO2)Nc1cccc(SC(F)(F)F)c1. The van der Waals surface area contributed by atoms with Gasteiger partial charge in [0.25, 0.3) is 0 Å². The first-order valence-electron chi connectivity index (χ1n) is 7.18. The van der Waals surface area contributed by atoms with Gasteiger partial charge in [0.05, 0.1) is 0 Å². The first kappa shape index (κ1) is 17.3. The number of anilines is 1. The van der Waals surface area contributed by atoms with Gasteiger partial charge in [-0.25, -0.2) is 4.79 Å². The minimum Gasteiger partial charge on any atom is -0.454 e. The highest BCUT2D eigenvalue weighted by atomic mass is 32.2. The van der Waals surface area contributed by atoms with Gasteiger partial charge in [-0.3, -0.25) is 0 Å². The molecule has 2 amide bonds. The molecule has 0 unspecified atom stereocenters. The van der Waals surface area contributed by atoms with Gasteiger partial charge in [0.1, 0.15) is 0 Å². The second-order valence-electron chi connectivity index (χ2n) is 5.07. The molecule has 2 aromatic rings. The predicted molar refractivity (Wildman–Crippen MR) is 86.8 cm³/mol. The number of rotatable bonds is 4. The highest BCUT2D eigenvalue weighted by molar-refractivity contribution is 8.00. The minimum absolute atomic E-state index is 0.000992. The maximum Gasteiger partial charge on any atom is 0.446 e. The molecule has 0 atom stereocenters. The average molecular weight is 370 g/mol. The third-order valence-electron chi connectivity index (χ3n) is 3.22. The molecule has 132 valence electrons. The van der Waals surface area contributed by atoms with Gasteiger partial charge >= 0.3 is 11.5 Å². The summed E-state index contributed by atoms with van der Waals surface area (Å²) in [4.78, 5) is 11.9.